The van der Waals surface area contributed by atoms with Crippen molar-refractivity contribution in [2.75, 3.05) is 26.3 Å². The second-order valence-corrected chi connectivity index (χ2v) is 10.7. The molecule has 136 valence electrons. The highest BCUT2D eigenvalue weighted by atomic mass is 127. The van der Waals surface area contributed by atoms with Gasteiger partial charge in [-0.25, -0.2) is 0 Å². The summed E-state index contributed by atoms with van der Waals surface area (Å²) in [6, 6.07) is 0. The Morgan fingerprint density at radius 1 is 1.50 bits per heavy atom. The van der Waals surface area contributed by atoms with Gasteiger partial charge in [-0.05, 0) is 69.0 Å². The Morgan fingerprint density at radius 2 is 2.17 bits per heavy atom. The SMILES string of the molecule is CCN(C)CC1=C(PCC(I)/C=C\C(C)=C(/C)O)C(C)=CCC1I. The first-order chi connectivity index (χ1) is 11.3. The molecule has 0 bridgehead atoms. The van der Waals surface area contributed by atoms with Gasteiger partial charge in [-0.1, -0.05) is 78.9 Å². The average Bonchev–Trinajstić information content (AvgIpc) is 2.54. The molecule has 0 radical (unpaired) electrons. The minimum atomic E-state index is 0.406. The second-order valence-electron chi connectivity index (χ2n) is 6.35. The lowest BCUT2D eigenvalue weighted by Gasteiger charge is -2.28. The fourth-order valence-corrected chi connectivity index (χ4v) is 5.73. The van der Waals surface area contributed by atoms with Gasteiger partial charge in [0.1, 0.15) is 0 Å². The Morgan fingerprint density at radius 3 is 2.75 bits per heavy atom. The molecule has 3 unspecified atom stereocenters. The zero-order valence-electron chi connectivity index (χ0n) is 15.4. The van der Waals surface area contributed by atoms with Crippen molar-refractivity contribution < 1.29 is 5.11 Å². The van der Waals surface area contributed by atoms with Crippen LogP contribution in [0.15, 0.2) is 46.0 Å². The number of aliphatic hydroxyl groups excluding tert-OH is 1. The minimum Gasteiger partial charge on any atom is -0.512 e. The largest absolute Gasteiger partial charge is 0.512 e. The molecule has 1 aliphatic rings. The van der Waals surface area contributed by atoms with Gasteiger partial charge >= 0.3 is 0 Å². The quantitative estimate of drug-likeness (QED) is 0.122. The summed E-state index contributed by atoms with van der Waals surface area (Å²) in [7, 11) is 3.06. The number of halogens is 2. The van der Waals surface area contributed by atoms with E-state index in [2.05, 4.69) is 83.1 Å². The van der Waals surface area contributed by atoms with Crippen LogP contribution in [0.1, 0.15) is 34.1 Å². The van der Waals surface area contributed by atoms with Crippen molar-refractivity contribution in [1.82, 2.24) is 4.90 Å². The van der Waals surface area contributed by atoms with Gasteiger partial charge < -0.3 is 10.0 Å². The maximum Gasteiger partial charge on any atom is 0.0920 e. The van der Waals surface area contributed by atoms with Crippen LogP contribution < -0.4 is 0 Å². The van der Waals surface area contributed by atoms with E-state index in [-0.39, 0.29) is 0 Å². The van der Waals surface area contributed by atoms with Crippen LogP contribution in [-0.2, 0) is 0 Å². The summed E-state index contributed by atoms with van der Waals surface area (Å²) in [5, 5.41) is 11.1. The molecule has 0 saturated heterocycles. The Hall–Kier alpha value is 0.610. The Kier molecular flexibility index (Phi) is 10.7. The summed E-state index contributed by atoms with van der Waals surface area (Å²) in [6.45, 7) is 10.4. The third kappa shape index (κ3) is 7.46. The highest BCUT2D eigenvalue weighted by molar-refractivity contribution is 14.1. The number of aliphatic hydroxyl groups is 1. The molecule has 24 heavy (non-hydrogen) atoms. The Bertz CT molecular complexity index is 548. The van der Waals surface area contributed by atoms with Gasteiger partial charge in [0.15, 0.2) is 0 Å². The zero-order valence-corrected chi connectivity index (χ0v) is 20.7. The van der Waals surface area contributed by atoms with Crippen molar-refractivity contribution >= 4 is 53.8 Å². The third-order valence-electron chi connectivity index (χ3n) is 4.30. The molecule has 0 aromatic carbocycles. The highest BCUT2D eigenvalue weighted by Gasteiger charge is 2.21. The normalized spacial score (nSPS) is 21.8. The molecule has 0 heterocycles. The average molecular weight is 573 g/mol. The first-order valence-electron chi connectivity index (χ1n) is 8.41. The summed E-state index contributed by atoms with van der Waals surface area (Å²) >= 11 is 5.12. The molecule has 0 aromatic rings. The topological polar surface area (TPSA) is 23.5 Å². The molecule has 0 spiro atoms. The fourth-order valence-electron chi connectivity index (χ4n) is 2.41. The second kappa shape index (κ2) is 11.3. The molecule has 0 aromatic heterocycles. The highest BCUT2D eigenvalue weighted by Crippen LogP contribution is 2.41. The van der Waals surface area contributed by atoms with Crippen LogP contribution in [0, 0.1) is 0 Å². The summed E-state index contributed by atoms with van der Waals surface area (Å²) < 4.78 is 1.13. The lowest BCUT2D eigenvalue weighted by Crippen LogP contribution is -2.26. The maximum absolute atomic E-state index is 9.48. The molecule has 5 heteroatoms. The number of likely N-dealkylation sites (N-methyl/N-ethyl adjacent to an activating group) is 1. The summed E-state index contributed by atoms with van der Waals surface area (Å²) in [5.41, 5.74) is 4.06. The van der Waals surface area contributed by atoms with Gasteiger partial charge in [-0.3, -0.25) is 0 Å². The van der Waals surface area contributed by atoms with Gasteiger partial charge in [0.2, 0.25) is 0 Å². The predicted molar refractivity (Wildman–Crippen MR) is 128 cm³/mol. The van der Waals surface area contributed by atoms with E-state index in [9.17, 15) is 5.11 Å². The van der Waals surface area contributed by atoms with E-state index in [1.54, 1.807) is 17.8 Å². The van der Waals surface area contributed by atoms with Crippen LogP contribution in [-0.4, -0.2) is 44.2 Å². The molecule has 0 amide bonds. The third-order valence-corrected chi connectivity index (χ3v) is 8.96. The molecule has 2 nitrogen and oxygen atoms in total. The summed E-state index contributed by atoms with van der Waals surface area (Å²) in [5.74, 6) is 0.406. The summed E-state index contributed by atoms with van der Waals surface area (Å²) in [6.07, 6.45) is 9.00. The lowest BCUT2D eigenvalue weighted by molar-refractivity contribution is 0.380. The Labute approximate surface area is 177 Å². The molecule has 0 aliphatic heterocycles. The van der Waals surface area contributed by atoms with Crippen LogP contribution in [0.3, 0.4) is 0 Å². The Balaban J connectivity index is 2.82. The number of rotatable bonds is 8. The monoisotopic (exact) mass is 573 g/mol. The number of allylic oxidation sites excluding steroid dienone is 7. The zero-order chi connectivity index (χ0) is 18.3. The van der Waals surface area contributed by atoms with E-state index in [1.165, 1.54) is 12.0 Å². The molecule has 0 fully saturated rings. The molecule has 1 rings (SSSR count). The van der Waals surface area contributed by atoms with E-state index in [4.69, 9.17) is 0 Å². The van der Waals surface area contributed by atoms with Gasteiger partial charge in [-0.2, -0.15) is 0 Å². The van der Waals surface area contributed by atoms with E-state index >= 15 is 0 Å². The van der Waals surface area contributed by atoms with Gasteiger partial charge in [-0.15, -0.1) is 0 Å². The van der Waals surface area contributed by atoms with E-state index in [0.717, 1.165) is 33.4 Å². The number of alkyl halides is 2. The van der Waals surface area contributed by atoms with Crippen LogP contribution >= 0.6 is 53.8 Å². The molecule has 0 saturated carbocycles. The van der Waals surface area contributed by atoms with Crippen molar-refractivity contribution in [2.45, 2.75) is 42.0 Å². The summed E-state index contributed by atoms with van der Waals surface area (Å²) in [4.78, 5) is 2.41. The van der Waals surface area contributed by atoms with Crippen LogP contribution in [0.2, 0.25) is 0 Å². The fraction of sp³-hybridized carbons (Fsp3) is 0.579. The molecule has 1 N–H and O–H groups in total. The van der Waals surface area contributed by atoms with Crippen molar-refractivity contribution in [3.8, 4) is 0 Å². The standard InChI is InChI=1S/C19H30I2NOP/c1-6-22(5)11-17-18(21)10-8-14(3)19(17)24-12-16(20)9-7-13(2)15(4)23/h7-9,16,18,23-24H,6,10-12H2,1-5H3/b9-7-,15-13+. The van der Waals surface area contributed by atoms with Crippen molar-refractivity contribution in [3.63, 3.8) is 0 Å². The van der Waals surface area contributed by atoms with E-state index < -0.39 is 0 Å². The van der Waals surface area contributed by atoms with Crippen molar-refractivity contribution in [3.05, 3.63) is 46.0 Å². The first-order valence-corrected chi connectivity index (χ1v) is 12.1. The van der Waals surface area contributed by atoms with Gasteiger partial charge in [0.25, 0.3) is 0 Å². The van der Waals surface area contributed by atoms with Gasteiger partial charge in [0, 0.05) is 14.4 Å². The predicted octanol–water partition coefficient (Wildman–Crippen LogP) is 6.24. The number of nitrogens with zero attached hydrogens (tertiary/aromatic N) is 1. The van der Waals surface area contributed by atoms with Crippen molar-refractivity contribution in [2.24, 2.45) is 0 Å². The first kappa shape index (κ1) is 22.7. The lowest BCUT2D eigenvalue weighted by atomic mass is 9.99. The van der Waals surface area contributed by atoms with Crippen molar-refractivity contribution in [1.29, 1.82) is 0 Å². The molecule has 1 aliphatic carbocycles. The molecular formula is C19H30I2NOP. The van der Waals surface area contributed by atoms with E-state index in [0.29, 0.717) is 13.6 Å². The van der Waals surface area contributed by atoms with E-state index in [1.807, 2.05) is 13.0 Å². The number of hydrogen-bond acceptors (Lipinski definition) is 2. The van der Waals surface area contributed by atoms with Crippen LogP contribution in [0.25, 0.3) is 0 Å². The van der Waals surface area contributed by atoms with Crippen LogP contribution in [0.4, 0.5) is 0 Å². The molecule has 3 atom stereocenters. The van der Waals surface area contributed by atoms with Gasteiger partial charge in [0.05, 0.1) is 5.76 Å². The number of hydrogen-bond donors (Lipinski definition) is 1. The minimum absolute atomic E-state index is 0.406. The van der Waals surface area contributed by atoms with Crippen LogP contribution in [0.5, 0.6) is 0 Å². The smallest absolute Gasteiger partial charge is 0.0920 e. The maximum atomic E-state index is 9.48. The molecular weight excluding hydrogens is 543 g/mol.